The minimum absolute atomic E-state index is 0.296. The van der Waals surface area contributed by atoms with Gasteiger partial charge in [0.05, 0.1) is 6.10 Å². The lowest BCUT2D eigenvalue weighted by Gasteiger charge is -2.22. The minimum Gasteiger partial charge on any atom is -0.378 e. The third kappa shape index (κ3) is 8.02. The van der Waals surface area contributed by atoms with Crippen molar-refractivity contribution in [1.82, 2.24) is 20.4 Å². The van der Waals surface area contributed by atoms with Gasteiger partial charge in [0, 0.05) is 45.7 Å². The van der Waals surface area contributed by atoms with E-state index in [1.807, 2.05) is 30.1 Å². The lowest BCUT2D eigenvalue weighted by molar-refractivity contribution is 0.0258. The van der Waals surface area contributed by atoms with Crippen LogP contribution < -0.4 is 10.6 Å². The van der Waals surface area contributed by atoms with E-state index >= 15 is 0 Å². The molecule has 2 N–H and O–H groups in total. The van der Waals surface area contributed by atoms with E-state index in [4.69, 9.17) is 4.74 Å². The zero-order valence-electron chi connectivity index (χ0n) is 15.2. The van der Waals surface area contributed by atoms with E-state index in [0.29, 0.717) is 17.9 Å². The van der Waals surface area contributed by atoms with Gasteiger partial charge in [0.15, 0.2) is 5.96 Å². The van der Waals surface area contributed by atoms with Crippen LogP contribution in [0.25, 0.3) is 0 Å². The molecular weight excluding hydrogens is 290 g/mol. The number of hydrogen-bond acceptors (Lipinski definition) is 3. The van der Waals surface area contributed by atoms with Crippen LogP contribution in [0.2, 0.25) is 0 Å². The van der Waals surface area contributed by atoms with Crippen molar-refractivity contribution >= 4 is 5.96 Å². The molecule has 0 saturated heterocycles. The van der Waals surface area contributed by atoms with Gasteiger partial charge in [0.2, 0.25) is 0 Å². The number of hydrogen-bond donors (Lipinski definition) is 2. The third-order valence-electron chi connectivity index (χ3n) is 3.75. The van der Waals surface area contributed by atoms with E-state index < -0.39 is 0 Å². The fourth-order valence-electron chi connectivity index (χ4n) is 2.44. The molecule has 1 heterocycles. The van der Waals surface area contributed by atoms with Crippen LogP contribution in [0.1, 0.15) is 34.1 Å². The first-order valence-corrected chi connectivity index (χ1v) is 8.60. The molecule has 0 aromatic carbocycles. The molecule has 0 aliphatic heterocycles. The van der Waals surface area contributed by atoms with E-state index in [-0.39, 0.29) is 0 Å². The molecule has 0 aliphatic rings. The third-order valence-corrected chi connectivity index (χ3v) is 3.75. The summed E-state index contributed by atoms with van der Waals surface area (Å²) < 4.78 is 7.72. The highest BCUT2D eigenvalue weighted by Gasteiger charge is 2.13. The van der Waals surface area contributed by atoms with Crippen molar-refractivity contribution in [2.24, 2.45) is 16.8 Å². The maximum Gasteiger partial charge on any atom is 0.190 e. The van der Waals surface area contributed by atoms with Gasteiger partial charge in [0.1, 0.15) is 0 Å². The Bertz CT molecular complexity index is 430. The summed E-state index contributed by atoms with van der Waals surface area (Å²) in [6.07, 6.45) is 5.08. The molecule has 1 rings (SSSR count). The molecule has 0 amide bonds. The second-order valence-electron chi connectivity index (χ2n) is 6.24. The number of aromatic nitrogens is 2. The van der Waals surface area contributed by atoms with Gasteiger partial charge in [0.25, 0.3) is 0 Å². The zero-order valence-corrected chi connectivity index (χ0v) is 15.2. The van der Waals surface area contributed by atoms with E-state index in [1.165, 1.54) is 0 Å². The molecule has 1 aromatic heterocycles. The molecule has 0 spiro atoms. The fourth-order valence-corrected chi connectivity index (χ4v) is 2.44. The summed E-state index contributed by atoms with van der Waals surface area (Å²) in [5, 5.41) is 11.0. The highest BCUT2D eigenvalue weighted by atomic mass is 16.5. The summed E-state index contributed by atoms with van der Waals surface area (Å²) >= 11 is 0. The smallest absolute Gasteiger partial charge is 0.190 e. The summed E-state index contributed by atoms with van der Waals surface area (Å²) in [5.74, 6) is 1.84. The maximum atomic E-state index is 5.77. The van der Waals surface area contributed by atoms with Gasteiger partial charge >= 0.3 is 0 Å². The van der Waals surface area contributed by atoms with Gasteiger partial charge in [-0.2, -0.15) is 5.10 Å². The average Bonchev–Trinajstić information content (AvgIpc) is 3.02. The van der Waals surface area contributed by atoms with Gasteiger partial charge in [-0.05, 0) is 31.2 Å². The van der Waals surface area contributed by atoms with Crippen LogP contribution in [-0.4, -0.2) is 48.6 Å². The van der Waals surface area contributed by atoms with E-state index in [9.17, 15) is 0 Å². The lowest BCUT2D eigenvalue weighted by atomic mass is 10.0. The predicted molar refractivity (Wildman–Crippen MR) is 95.6 cm³/mol. The summed E-state index contributed by atoms with van der Waals surface area (Å²) in [5.41, 5.74) is 0. The van der Waals surface area contributed by atoms with Crippen LogP contribution in [0.5, 0.6) is 0 Å². The first kappa shape index (κ1) is 19.5. The normalized spacial score (nSPS) is 14.8. The van der Waals surface area contributed by atoms with Crippen LogP contribution in [0.4, 0.5) is 0 Å². The molecular formula is C17H33N5O. The Morgan fingerprint density at radius 3 is 2.65 bits per heavy atom. The zero-order chi connectivity index (χ0) is 17.1. The Kier molecular flexibility index (Phi) is 9.36. The van der Waals surface area contributed by atoms with Crippen molar-refractivity contribution < 1.29 is 4.74 Å². The van der Waals surface area contributed by atoms with Crippen LogP contribution in [0, 0.1) is 11.8 Å². The molecule has 0 saturated carbocycles. The molecule has 0 radical (unpaired) electrons. The average molecular weight is 323 g/mol. The van der Waals surface area contributed by atoms with Crippen molar-refractivity contribution in [2.45, 2.75) is 46.8 Å². The van der Waals surface area contributed by atoms with E-state index in [0.717, 1.165) is 38.6 Å². The SMILES string of the molecule is CCOC(CCNC(=NC)NCC(C)Cn1cccn1)C(C)C. The van der Waals surface area contributed by atoms with Gasteiger partial charge in [-0.1, -0.05) is 20.8 Å². The first-order valence-electron chi connectivity index (χ1n) is 8.60. The predicted octanol–water partition coefficient (Wildman–Crippen LogP) is 2.14. The standard InChI is InChI=1S/C17H33N5O/c1-6-23-16(14(2)3)8-10-19-17(18-5)20-12-15(4)13-22-11-7-9-21-22/h7,9,11,14-16H,6,8,10,12-13H2,1-5H3,(H2,18,19,20). The lowest BCUT2D eigenvalue weighted by Crippen LogP contribution is -2.41. The number of aliphatic imine (C=N–C) groups is 1. The van der Waals surface area contributed by atoms with Crippen LogP contribution in [-0.2, 0) is 11.3 Å². The fraction of sp³-hybridized carbons (Fsp3) is 0.765. The van der Waals surface area contributed by atoms with Crippen molar-refractivity contribution in [2.75, 3.05) is 26.7 Å². The molecule has 2 atom stereocenters. The van der Waals surface area contributed by atoms with Crippen molar-refractivity contribution in [3.63, 3.8) is 0 Å². The molecule has 23 heavy (non-hydrogen) atoms. The Hall–Kier alpha value is -1.56. The quantitative estimate of drug-likeness (QED) is 0.511. The van der Waals surface area contributed by atoms with E-state index in [1.54, 1.807) is 7.05 Å². The van der Waals surface area contributed by atoms with Crippen molar-refractivity contribution in [1.29, 1.82) is 0 Å². The summed E-state index contributed by atoms with van der Waals surface area (Å²) in [6, 6.07) is 1.95. The Balaban J connectivity index is 2.26. The number of nitrogens with one attached hydrogen (secondary N) is 2. The van der Waals surface area contributed by atoms with Gasteiger partial charge < -0.3 is 15.4 Å². The van der Waals surface area contributed by atoms with Gasteiger partial charge in [-0.15, -0.1) is 0 Å². The topological polar surface area (TPSA) is 63.5 Å². The maximum absolute atomic E-state index is 5.77. The molecule has 0 aliphatic carbocycles. The molecule has 0 fully saturated rings. The van der Waals surface area contributed by atoms with Gasteiger partial charge in [-0.25, -0.2) is 0 Å². The number of guanidine groups is 1. The first-order chi connectivity index (χ1) is 11.1. The van der Waals surface area contributed by atoms with Crippen LogP contribution in [0.3, 0.4) is 0 Å². The molecule has 2 unspecified atom stereocenters. The molecule has 6 heteroatoms. The van der Waals surface area contributed by atoms with Crippen molar-refractivity contribution in [3.05, 3.63) is 18.5 Å². The number of nitrogens with zero attached hydrogens (tertiary/aromatic N) is 3. The highest BCUT2D eigenvalue weighted by Crippen LogP contribution is 2.09. The number of ether oxygens (including phenoxy) is 1. The monoisotopic (exact) mass is 323 g/mol. The Morgan fingerprint density at radius 1 is 1.30 bits per heavy atom. The minimum atomic E-state index is 0.296. The molecule has 0 bridgehead atoms. The number of rotatable bonds is 10. The highest BCUT2D eigenvalue weighted by molar-refractivity contribution is 5.79. The van der Waals surface area contributed by atoms with Crippen LogP contribution >= 0.6 is 0 Å². The summed E-state index contributed by atoms with van der Waals surface area (Å²) in [6.45, 7) is 12.0. The molecule has 132 valence electrons. The largest absolute Gasteiger partial charge is 0.378 e. The van der Waals surface area contributed by atoms with Crippen molar-refractivity contribution in [3.8, 4) is 0 Å². The summed E-state index contributed by atoms with van der Waals surface area (Å²) in [7, 11) is 1.80. The van der Waals surface area contributed by atoms with Gasteiger partial charge in [-0.3, -0.25) is 9.67 Å². The second-order valence-corrected chi connectivity index (χ2v) is 6.24. The summed E-state index contributed by atoms with van der Waals surface area (Å²) in [4.78, 5) is 4.28. The van der Waals surface area contributed by atoms with E-state index in [2.05, 4.69) is 41.5 Å². The Labute approximate surface area is 140 Å². The second kappa shape index (κ2) is 11.0. The van der Waals surface area contributed by atoms with Crippen LogP contribution in [0.15, 0.2) is 23.5 Å². The Morgan fingerprint density at radius 2 is 2.09 bits per heavy atom. The molecule has 1 aromatic rings. The molecule has 6 nitrogen and oxygen atoms in total.